The van der Waals surface area contributed by atoms with Crippen molar-refractivity contribution in [3.63, 3.8) is 0 Å². The molecule has 3 nitrogen and oxygen atoms in total. The highest BCUT2D eigenvalue weighted by Crippen LogP contribution is 2.14. The van der Waals surface area contributed by atoms with Gasteiger partial charge in [-0.05, 0) is 42.9 Å². The highest BCUT2D eigenvalue weighted by molar-refractivity contribution is 5.26. The predicted molar refractivity (Wildman–Crippen MR) is 81.9 cm³/mol. The number of rotatable bonds is 10. The van der Waals surface area contributed by atoms with Crippen molar-refractivity contribution in [2.45, 2.75) is 38.9 Å². The third kappa shape index (κ3) is 6.73. The summed E-state index contributed by atoms with van der Waals surface area (Å²) in [7, 11) is 1.66. The van der Waals surface area contributed by atoms with Crippen LogP contribution < -0.4 is 4.74 Å². The van der Waals surface area contributed by atoms with Gasteiger partial charge in [-0.2, -0.15) is 0 Å². The fourth-order valence-corrected chi connectivity index (χ4v) is 1.97. The van der Waals surface area contributed by atoms with E-state index in [0.29, 0.717) is 25.6 Å². The smallest absolute Gasteiger partial charge is 0.118 e. The van der Waals surface area contributed by atoms with E-state index in [1.54, 1.807) is 13.2 Å². The number of aliphatic hydroxyl groups excluding tert-OH is 1. The second-order valence-electron chi connectivity index (χ2n) is 5.22. The fraction of sp³-hybridized carbons (Fsp3) is 0.529. The molecule has 0 fully saturated rings. The van der Waals surface area contributed by atoms with Crippen LogP contribution in [0.1, 0.15) is 31.7 Å². The molecule has 112 valence electrons. The van der Waals surface area contributed by atoms with E-state index in [0.717, 1.165) is 24.2 Å². The Balaban J connectivity index is 2.17. The molecule has 0 unspecified atom stereocenters. The van der Waals surface area contributed by atoms with Crippen LogP contribution >= 0.6 is 0 Å². The van der Waals surface area contributed by atoms with Crippen LogP contribution in [0.5, 0.6) is 5.75 Å². The first-order chi connectivity index (χ1) is 9.65. The number of methoxy groups -OCH3 is 1. The van der Waals surface area contributed by atoms with Crippen molar-refractivity contribution in [3.05, 3.63) is 42.5 Å². The SMILES string of the molecule is C=CC[C@H](O)CC[C@H](C)COCc1ccc(OC)cc1. The predicted octanol–water partition coefficient (Wildman–Crippen LogP) is 3.57. The molecule has 0 heterocycles. The van der Waals surface area contributed by atoms with Gasteiger partial charge in [0.2, 0.25) is 0 Å². The third-order valence-electron chi connectivity index (χ3n) is 3.26. The highest BCUT2D eigenvalue weighted by atomic mass is 16.5. The maximum Gasteiger partial charge on any atom is 0.118 e. The maximum atomic E-state index is 9.63. The summed E-state index contributed by atoms with van der Waals surface area (Å²) >= 11 is 0. The third-order valence-corrected chi connectivity index (χ3v) is 3.26. The van der Waals surface area contributed by atoms with Crippen LogP contribution in [0.25, 0.3) is 0 Å². The standard InChI is InChI=1S/C17H26O3/c1-4-5-16(18)9-6-14(2)12-20-13-15-7-10-17(19-3)11-8-15/h4,7-8,10-11,14,16,18H,1,5-6,9,12-13H2,2-3H3/t14-,16-/m0/s1. The van der Waals surface area contributed by atoms with Gasteiger partial charge in [0.15, 0.2) is 0 Å². The molecule has 1 aromatic rings. The highest BCUT2D eigenvalue weighted by Gasteiger charge is 2.07. The van der Waals surface area contributed by atoms with E-state index in [9.17, 15) is 5.11 Å². The molecule has 0 aromatic heterocycles. The molecule has 0 aliphatic carbocycles. The number of aliphatic hydroxyl groups is 1. The van der Waals surface area contributed by atoms with E-state index in [2.05, 4.69) is 13.5 Å². The Morgan fingerprint density at radius 1 is 1.25 bits per heavy atom. The molecule has 20 heavy (non-hydrogen) atoms. The summed E-state index contributed by atoms with van der Waals surface area (Å²) in [6, 6.07) is 7.90. The molecule has 0 aliphatic heterocycles. The molecule has 0 saturated heterocycles. The zero-order valence-electron chi connectivity index (χ0n) is 12.5. The number of hydrogen-bond donors (Lipinski definition) is 1. The first-order valence-corrected chi connectivity index (χ1v) is 7.15. The first kappa shape index (κ1) is 16.7. The minimum Gasteiger partial charge on any atom is -0.497 e. The average Bonchev–Trinajstić information content (AvgIpc) is 2.46. The summed E-state index contributed by atoms with van der Waals surface area (Å²) < 4.78 is 10.8. The molecule has 1 aromatic carbocycles. The van der Waals surface area contributed by atoms with Crippen molar-refractivity contribution in [1.82, 2.24) is 0 Å². The van der Waals surface area contributed by atoms with E-state index < -0.39 is 0 Å². The largest absolute Gasteiger partial charge is 0.497 e. The van der Waals surface area contributed by atoms with Gasteiger partial charge in [0.05, 0.1) is 19.8 Å². The van der Waals surface area contributed by atoms with E-state index in [-0.39, 0.29) is 6.10 Å². The van der Waals surface area contributed by atoms with E-state index in [1.807, 2.05) is 24.3 Å². The quantitative estimate of drug-likeness (QED) is 0.665. The van der Waals surface area contributed by atoms with Gasteiger partial charge in [-0.15, -0.1) is 6.58 Å². The Labute approximate surface area is 122 Å². The molecular weight excluding hydrogens is 252 g/mol. The summed E-state index contributed by atoms with van der Waals surface area (Å²) in [5.74, 6) is 1.31. The van der Waals surface area contributed by atoms with Gasteiger partial charge in [-0.25, -0.2) is 0 Å². The lowest BCUT2D eigenvalue weighted by molar-refractivity contribution is 0.0809. The molecule has 2 atom stereocenters. The Kier molecular flexibility index (Phi) is 8.00. The molecule has 3 heteroatoms. The van der Waals surface area contributed by atoms with Gasteiger partial charge in [0.25, 0.3) is 0 Å². The van der Waals surface area contributed by atoms with Crippen LogP contribution in [-0.2, 0) is 11.3 Å². The summed E-state index contributed by atoms with van der Waals surface area (Å²) in [6.07, 6.45) is 3.93. The van der Waals surface area contributed by atoms with E-state index in [4.69, 9.17) is 9.47 Å². The van der Waals surface area contributed by atoms with Crippen LogP contribution in [0.3, 0.4) is 0 Å². The van der Waals surface area contributed by atoms with Crippen LogP contribution in [-0.4, -0.2) is 24.9 Å². The van der Waals surface area contributed by atoms with Crippen molar-refractivity contribution in [1.29, 1.82) is 0 Å². The lowest BCUT2D eigenvalue weighted by Crippen LogP contribution is -2.11. The summed E-state index contributed by atoms with van der Waals surface area (Å²) in [5, 5.41) is 9.63. The van der Waals surface area contributed by atoms with E-state index >= 15 is 0 Å². The van der Waals surface area contributed by atoms with Crippen molar-refractivity contribution >= 4 is 0 Å². The van der Waals surface area contributed by atoms with Crippen molar-refractivity contribution in [2.24, 2.45) is 5.92 Å². The summed E-state index contributed by atoms with van der Waals surface area (Å²) in [5.41, 5.74) is 1.14. The minimum atomic E-state index is -0.267. The first-order valence-electron chi connectivity index (χ1n) is 7.15. The van der Waals surface area contributed by atoms with Gasteiger partial charge in [0.1, 0.15) is 5.75 Å². The van der Waals surface area contributed by atoms with Crippen LogP contribution in [0.15, 0.2) is 36.9 Å². The topological polar surface area (TPSA) is 38.7 Å². The molecule has 0 saturated carbocycles. The van der Waals surface area contributed by atoms with Gasteiger partial charge in [-0.3, -0.25) is 0 Å². The van der Waals surface area contributed by atoms with Crippen LogP contribution in [0, 0.1) is 5.92 Å². The van der Waals surface area contributed by atoms with E-state index in [1.165, 1.54) is 0 Å². The van der Waals surface area contributed by atoms with Crippen molar-refractivity contribution in [2.75, 3.05) is 13.7 Å². The average molecular weight is 278 g/mol. The molecule has 0 aliphatic rings. The van der Waals surface area contributed by atoms with Crippen molar-refractivity contribution in [3.8, 4) is 5.75 Å². The molecule has 0 amide bonds. The number of benzene rings is 1. The molecule has 0 bridgehead atoms. The lowest BCUT2D eigenvalue weighted by atomic mass is 10.0. The Hall–Kier alpha value is -1.32. The molecular formula is C17H26O3. The maximum absolute atomic E-state index is 9.63. The van der Waals surface area contributed by atoms with Gasteiger partial charge >= 0.3 is 0 Å². The summed E-state index contributed by atoms with van der Waals surface area (Å²) in [4.78, 5) is 0. The Morgan fingerprint density at radius 3 is 2.55 bits per heavy atom. The number of hydrogen-bond acceptors (Lipinski definition) is 3. The molecule has 1 rings (SSSR count). The van der Waals surface area contributed by atoms with Gasteiger partial charge in [-0.1, -0.05) is 25.1 Å². The second kappa shape index (κ2) is 9.56. The zero-order valence-corrected chi connectivity index (χ0v) is 12.5. The fourth-order valence-electron chi connectivity index (χ4n) is 1.97. The minimum absolute atomic E-state index is 0.267. The monoisotopic (exact) mass is 278 g/mol. The number of ether oxygens (including phenoxy) is 2. The molecule has 0 radical (unpaired) electrons. The lowest BCUT2D eigenvalue weighted by Gasteiger charge is -2.14. The Bertz CT molecular complexity index is 372. The van der Waals surface area contributed by atoms with Gasteiger partial charge < -0.3 is 14.6 Å². The summed E-state index contributed by atoms with van der Waals surface area (Å²) in [6.45, 7) is 7.11. The van der Waals surface area contributed by atoms with Crippen molar-refractivity contribution < 1.29 is 14.6 Å². The van der Waals surface area contributed by atoms with Crippen LogP contribution in [0.2, 0.25) is 0 Å². The van der Waals surface area contributed by atoms with Crippen LogP contribution in [0.4, 0.5) is 0 Å². The normalized spacial score (nSPS) is 13.8. The Morgan fingerprint density at radius 2 is 1.95 bits per heavy atom. The zero-order chi connectivity index (χ0) is 14.8. The second-order valence-corrected chi connectivity index (χ2v) is 5.22. The molecule has 0 spiro atoms. The molecule has 1 N–H and O–H groups in total. The van der Waals surface area contributed by atoms with Gasteiger partial charge in [0, 0.05) is 6.61 Å².